The standard InChI is InChI=1S/C33H40ClN3O5S/c1-41-29-5-3-15-35-31(21-6-7-21)32(38)36-43(39,40)25-10-13-30-28(17-25)37(18-23-8-11-26(23)29)19-33(20-42-30)14-2-4-22-16-24(34)9-12-27(22)33/h3,5,9-10,12-13,16-17,21,23,26,29,31,35H,2,4,6-8,11,14-15,18-20H2,1H3,(H,36,38)/t23-,26+,29+,31-,33-/m0/s1. The lowest BCUT2D eigenvalue weighted by molar-refractivity contribution is -0.121. The highest BCUT2D eigenvalue weighted by Gasteiger charge is 2.45. The lowest BCUT2D eigenvalue weighted by atomic mass is 9.68. The van der Waals surface area contributed by atoms with E-state index in [1.54, 1.807) is 25.3 Å². The summed E-state index contributed by atoms with van der Waals surface area (Å²) in [6, 6.07) is 10.6. The van der Waals surface area contributed by atoms with E-state index in [-0.39, 0.29) is 22.3 Å². The second kappa shape index (κ2) is 11.4. The van der Waals surface area contributed by atoms with Gasteiger partial charge in [0.05, 0.1) is 29.3 Å². The number of amides is 1. The maximum Gasteiger partial charge on any atom is 0.264 e. The fourth-order valence-electron chi connectivity index (χ4n) is 7.75. The van der Waals surface area contributed by atoms with Gasteiger partial charge in [0.1, 0.15) is 5.75 Å². The zero-order valence-corrected chi connectivity index (χ0v) is 26.1. The average Bonchev–Trinajstić information content (AvgIpc) is 3.82. The third-order valence-corrected chi connectivity index (χ3v) is 11.9. The first kappa shape index (κ1) is 29.1. The van der Waals surface area contributed by atoms with Gasteiger partial charge in [0, 0.05) is 37.2 Å². The number of hydrogen-bond acceptors (Lipinski definition) is 7. The summed E-state index contributed by atoms with van der Waals surface area (Å²) < 4.78 is 42.1. The smallest absolute Gasteiger partial charge is 0.264 e. The molecule has 43 heavy (non-hydrogen) atoms. The van der Waals surface area contributed by atoms with Crippen molar-refractivity contribution in [3.05, 3.63) is 64.7 Å². The van der Waals surface area contributed by atoms with E-state index >= 15 is 0 Å². The second-order valence-electron chi connectivity index (χ2n) is 13.1. The van der Waals surface area contributed by atoms with E-state index in [0.717, 1.165) is 62.2 Å². The van der Waals surface area contributed by atoms with E-state index in [2.05, 4.69) is 33.1 Å². The number of hydrogen-bond donors (Lipinski definition) is 2. The molecule has 2 aliphatic heterocycles. The van der Waals surface area contributed by atoms with Crippen LogP contribution < -0.4 is 19.7 Å². The van der Waals surface area contributed by atoms with E-state index in [4.69, 9.17) is 21.1 Å². The number of ether oxygens (including phenoxy) is 2. The molecular weight excluding hydrogens is 586 g/mol. The molecule has 8 nitrogen and oxygen atoms in total. The number of halogens is 1. The Morgan fingerprint density at radius 2 is 1.93 bits per heavy atom. The van der Waals surface area contributed by atoms with Crippen LogP contribution in [-0.2, 0) is 31.4 Å². The van der Waals surface area contributed by atoms with Gasteiger partial charge in [-0.05, 0) is 104 Å². The Balaban J connectivity index is 1.30. The first-order valence-electron chi connectivity index (χ1n) is 15.6. The highest BCUT2D eigenvalue weighted by Crippen LogP contribution is 2.47. The number of sulfonamides is 1. The third-order valence-electron chi connectivity index (χ3n) is 10.3. The van der Waals surface area contributed by atoms with Crippen molar-refractivity contribution in [2.45, 2.75) is 67.4 Å². The van der Waals surface area contributed by atoms with E-state index in [9.17, 15) is 13.2 Å². The molecule has 0 radical (unpaired) electrons. The van der Waals surface area contributed by atoms with Crippen LogP contribution in [0.25, 0.3) is 0 Å². The number of benzene rings is 2. The number of anilines is 1. The monoisotopic (exact) mass is 625 g/mol. The Morgan fingerprint density at radius 3 is 2.70 bits per heavy atom. The van der Waals surface area contributed by atoms with Crippen molar-refractivity contribution in [1.82, 2.24) is 10.0 Å². The summed E-state index contributed by atoms with van der Waals surface area (Å²) >= 11 is 6.41. The van der Waals surface area contributed by atoms with E-state index in [1.807, 2.05) is 12.1 Å². The average molecular weight is 626 g/mol. The normalized spacial score (nSPS) is 32.0. The Labute approximate surface area is 259 Å². The predicted molar refractivity (Wildman–Crippen MR) is 166 cm³/mol. The van der Waals surface area contributed by atoms with Crippen LogP contribution >= 0.6 is 11.6 Å². The van der Waals surface area contributed by atoms with Crippen LogP contribution in [-0.4, -0.2) is 59.8 Å². The molecule has 2 aromatic rings. The number of nitrogens with zero attached hydrogens (tertiary/aromatic N) is 1. The van der Waals surface area contributed by atoms with Crippen LogP contribution in [0.3, 0.4) is 0 Å². The molecule has 0 saturated heterocycles. The van der Waals surface area contributed by atoms with Crippen LogP contribution in [0, 0.1) is 17.8 Å². The lowest BCUT2D eigenvalue weighted by Crippen LogP contribution is -2.50. The molecule has 0 unspecified atom stereocenters. The van der Waals surface area contributed by atoms with Crippen LogP contribution in [0.1, 0.15) is 49.7 Å². The summed E-state index contributed by atoms with van der Waals surface area (Å²) in [7, 11) is -2.33. The Bertz CT molecular complexity index is 1540. The number of methoxy groups -OCH3 is 1. The van der Waals surface area contributed by atoms with Gasteiger partial charge < -0.3 is 19.7 Å². The Hall–Kier alpha value is -2.59. The van der Waals surface area contributed by atoms with Crippen molar-refractivity contribution in [1.29, 1.82) is 0 Å². The van der Waals surface area contributed by atoms with Crippen LogP contribution in [0.4, 0.5) is 5.69 Å². The Kier molecular flexibility index (Phi) is 7.73. The van der Waals surface area contributed by atoms with Gasteiger partial charge in [-0.3, -0.25) is 4.79 Å². The van der Waals surface area contributed by atoms with Gasteiger partial charge in [-0.15, -0.1) is 0 Å². The lowest BCUT2D eigenvalue weighted by Gasteiger charge is -2.46. The number of aryl methyl sites for hydroxylation is 1. The maximum atomic E-state index is 13.6. The summed E-state index contributed by atoms with van der Waals surface area (Å²) in [4.78, 5) is 15.7. The molecule has 2 fully saturated rings. The van der Waals surface area contributed by atoms with Crippen LogP contribution in [0.2, 0.25) is 5.02 Å². The van der Waals surface area contributed by atoms with Gasteiger partial charge in [0.2, 0.25) is 0 Å². The summed E-state index contributed by atoms with van der Waals surface area (Å²) in [5, 5.41) is 4.02. The van der Waals surface area contributed by atoms with E-state index < -0.39 is 22.0 Å². The first-order valence-corrected chi connectivity index (χ1v) is 17.4. The number of carbonyl (C=O) groups excluding carboxylic acids is 1. The number of rotatable bonds is 2. The maximum absolute atomic E-state index is 13.6. The molecule has 2 N–H and O–H groups in total. The summed E-state index contributed by atoms with van der Waals surface area (Å²) in [5.41, 5.74) is 3.03. The summed E-state index contributed by atoms with van der Waals surface area (Å²) in [6.07, 6.45) is 11.1. The minimum Gasteiger partial charge on any atom is -0.490 e. The quantitative estimate of drug-likeness (QED) is 0.471. The number of carbonyl (C=O) groups is 1. The minimum atomic E-state index is -4.09. The molecule has 5 atom stereocenters. The van der Waals surface area contributed by atoms with Crippen molar-refractivity contribution in [2.24, 2.45) is 17.8 Å². The molecule has 1 spiro atoms. The summed E-state index contributed by atoms with van der Waals surface area (Å²) in [5.74, 6) is 1.03. The highest BCUT2D eigenvalue weighted by atomic mass is 35.5. The molecule has 2 heterocycles. The van der Waals surface area contributed by atoms with Crippen molar-refractivity contribution >= 4 is 33.2 Å². The SMILES string of the molecule is CO[C@@H]1C=CCN[C@@H](C2CC2)C(=O)NS(=O)(=O)c2ccc3c(c2)N(C[C@@H]2CC[C@H]21)C[C@@]1(CCCc2cc(Cl)ccc21)CO3. The van der Waals surface area contributed by atoms with Crippen molar-refractivity contribution in [3.8, 4) is 5.75 Å². The molecule has 2 saturated carbocycles. The minimum absolute atomic E-state index is 0.0254. The zero-order chi connectivity index (χ0) is 29.8. The third kappa shape index (κ3) is 5.58. The van der Waals surface area contributed by atoms with Gasteiger partial charge in [-0.1, -0.05) is 29.8 Å². The molecule has 230 valence electrons. The van der Waals surface area contributed by atoms with Crippen LogP contribution in [0.5, 0.6) is 5.75 Å². The van der Waals surface area contributed by atoms with Gasteiger partial charge in [-0.2, -0.15) is 0 Å². The predicted octanol–water partition coefficient (Wildman–Crippen LogP) is 4.60. The van der Waals surface area contributed by atoms with Crippen molar-refractivity contribution < 1.29 is 22.7 Å². The molecular formula is C33H40ClN3O5S. The molecule has 2 aromatic carbocycles. The van der Waals surface area contributed by atoms with Crippen molar-refractivity contribution in [2.75, 3.05) is 38.3 Å². The molecule has 1 amide bonds. The molecule has 7 rings (SSSR count). The van der Waals surface area contributed by atoms with Gasteiger partial charge in [0.15, 0.2) is 0 Å². The van der Waals surface area contributed by atoms with E-state index in [0.29, 0.717) is 37.3 Å². The van der Waals surface area contributed by atoms with E-state index in [1.165, 1.54) is 11.1 Å². The van der Waals surface area contributed by atoms with Crippen LogP contribution in [0.15, 0.2) is 53.4 Å². The molecule has 0 aromatic heterocycles. The number of nitrogens with one attached hydrogen (secondary N) is 2. The number of fused-ring (bicyclic) bond motifs is 4. The fourth-order valence-corrected chi connectivity index (χ4v) is 8.97. The molecule has 3 aliphatic carbocycles. The zero-order valence-electron chi connectivity index (χ0n) is 24.6. The first-order chi connectivity index (χ1) is 20.8. The van der Waals surface area contributed by atoms with Gasteiger partial charge in [0.25, 0.3) is 15.9 Å². The topological polar surface area (TPSA) is 97.0 Å². The molecule has 5 aliphatic rings. The molecule has 10 heteroatoms. The summed E-state index contributed by atoms with van der Waals surface area (Å²) in [6.45, 7) is 2.44. The van der Waals surface area contributed by atoms with Gasteiger partial charge >= 0.3 is 0 Å². The highest BCUT2D eigenvalue weighted by molar-refractivity contribution is 7.90. The Morgan fingerprint density at radius 1 is 1.09 bits per heavy atom. The second-order valence-corrected chi connectivity index (χ2v) is 15.2. The fraction of sp³-hybridized carbons (Fsp3) is 0.545. The van der Waals surface area contributed by atoms with Crippen molar-refractivity contribution in [3.63, 3.8) is 0 Å². The van der Waals surface area contributed by atoms with Gasteiger partial charge in [-0.25, -0.2) is 13.1 Å². The molecule has 2 bridgehead atoms. The largest absolute Gasteiger partial charge is 0.490 e.